The molecule has 0 aromatic heterocycles. The largest absolute Gasteiger partial charge is 0.494 e. The van der Waals surface area contributed by atoms with E-state index in [1.807, 2.05) is 6.92 Å². The molecule has 0 spiro atoms. The summed E-state index contributed by atoms with van der Waals surface area (Å²) in [6, 6.07) is 4.23. The third kappa shape index (κ3) is 4.11. The van der Waals surface area contributed by atoms with E-state index in [4.69, 9.17) is 14.2 Å². The van der Waals surface area contributed by atoms with E-state index in [1.165, 1.54) is 5.56 Å². The average molecular weight is 293 g/mol. The van der Waals surface area contributed by atoms with Crippen LogP contribution in [-0.2, 0) is 17.7 Å². The van der Waals surface area contributed by atoms with Gasteiger partial charge in [-0.15, -0.1) is 0 Å². The molecular formula is C17H27NO3. The normalized spacial score (nSPS) is 17.5. The molecule has 0 aliphatic carbocycles. The van der Waals surface area contributed by atoms with E-state index >= 15 is 0 Å². The van der Waals surface area contributed by atoms with Gasteiger partial charge in [0.25, 0.3) is 0 Å². The van der Waals surface area contributed by atoms with Crippen molar-refractivity contribution in [1.29, 1.82) is 0 Å². The van der Waals surface area contributed by atoms with Crippen LogP contribution in [0.5, 0.6) is 11.5 Å². The second-order valence-corrected chi connectivity index (χ2v) is 6.20. The van der Waals surface area contributed by atoms with Gasteiger partial charge in [0.1, 0.15) is 17.6 Å². The molecule has 1 N–H and O–H groups in total. The third-order valence-electron chi connectivity index (χ3n) is 3.80. The summed E-state index contributed by atoms with van der Waals surface area (Å²) >= 11 is 0. The van der Waals surface area contributed by atoms with Crippen LogP contribution in [0.25, 0.3) is 0 Å². The van der Waals surface area contributed by atoms with Gasteiger partial charge in [-0.3, -0.25) is 0 Å². The number of ether oxygens (including phenoxy) is 3. The first-order valence-electron chi connectivity index (χ1n) is 7.66. The SMILES string of the molecule is CCOc1cc2c(cc1CNCC(C)(C)OC)OC(C)C2. The van der Waals surface area contributed by atoms with Crippen LogP contribution in [0, 0.1) is 0 Å². The van der Waals surface area contributed by atoms with E-state index in [0.29, 0.717) is 6.61 Å². The van der Waals surface area contributed by atoms with Crippen LogP contribution in [0.3, 0.4) is 0 Å². The minimum Gasteiger partial charge on any atom is -0.494 e. The smallest absolute Gasteiger partial charge is 0.124 e. The summed E-state index contributed by atoms with van der Waals surface area (Å²) < 4.78 is 17.0. The Morgan fingerprint density at radius 2 is 2.14 bits per heavy atom. The highest BCUT2D eigenvalue weighted by Crippen LogP contribution is 2.35. The van der Waals surface area contributed by atoms with Gasteiger partial charge in [-0.1, -0.05) is 0 Å². The fourth-order valence-corrected chi connectivity index (χ4v) is 2.48. The van der Waals surface area contributed by atoms with E-state index in [9.17, 15) is 0 Å². The fraction of sp³-hybridized carbons (Fsp3) is 0.647. The Morgan fingerprint density at radius 1 is 1.38 bits per heavy atom. The van der Waals surface area contributed by atoms with Crippen LogP contribution >= 0.6 is 0 Å². The van der Waals surface area contributed by atoms with Crippen LogP contribution in [0.1, 0.15) is 38.8 Å². The molecule has 0 fully saturated rings. The highest BCUT2D eigenvalue weighted by molar-refractivity contribution is 5.48. The molecule has 0 amide bonds. The molecule has 2 rings (SSSR count). The number of methoxy groups -OCH3 is 1. The van der Waals surface area contributed by atoms with Crippen molar-refractivity contribution < 1.29 is 14.2 Å². The van der Waals surface area contributed by atoms with E-state index < -0.39 is 0 Å². The van der Waals surface area contributed by atoms with Crippen LogP contribution in [-0.4, -0.2) is 32.0 Å². The Hall–Kier alpha value is -1.26. The van der Waals surface area contributed by atoms with E-state index in [-0.39, 0.29) is 11.7 Å². The Balaban J connectivity index is 2.09. The lowest BCUT2D eigenvalue weighted by molar-refractivity contribution is 0.0230. The van der Waals surface area contributed by atoms with E-state index in [1.54, 1.807) is 7.11 Å². The molecule has 1 aliphatic heterocycles. The van der Waals surface area contributed by atoms with Crippen molar-refractivity contribution >= 4 is 0 Å². The molecule has 21 heavy (non-hydrogen) atoms. The number of rotatable bonds is 7. The van der Waals surface area contributed by atoms with E-state index in [0.717, 1.165) is 36.6 Å². The van der Waals surface area contributed by atoms with Crippen molar-refractivity contribution in [2.75, 3.05) is 20.3 Å². The van der Waals surface area contributed by atoms with Gasteiger partial charge >= 0.3 is 0 Å². The Kier molecular flexibility index (Phi) is 5.12. The maximum Gasteiger partial charge on any atom is 0.124 e. The highest BCUT2D eigenvalue weighted by Gasteiger charge is 2.22. The molecule has 0 saturated heterocycles. The zero-order valence-electron chi connectivity index (χ0n) is 13.8. The van der Waals surface area contributed by atoms with Gasteiger partial charge in [0.05, 0.1) is 12.2 Å². The Morgan fingerprint density at radius 3 is 2.81 bits per heavy atom. The molecule has 0 radical (unpaired) electrons. The molecule has 1 aliphatic rings. The molecule has 4 nitrogen and oxygen atoms in total. The van der Waals surface area contributed by atoms with Crippen LogP contribution in [0.15, 0.2) is 12.1 Å². The monoisotopic (exact) mass is 293 g/mol. The first kappa shape index (κ1) is 16.1. The van der Waals surface area contributed by atoms with Crippen molar-refractivity contribution in [3.63, 3.8) is 0 Å². The predicted molar refractivity (Wildman–Crippen MR) is 84.2 cm³/mol. The minimum atomic E-state index is -0.173. The molecule has 1 aromatic rings. The average Bonchev–Trinajstić information content (AvgIpc) is 2.78. The second kappa shape index (κ2) is 6.67. The molecule has 1 atom stereocenters. The maximum atomic E-state index is 5.84. The van der Waals surface area contributed by atoms with Gasteiger partial charge in [0, 0.05) is 37.7 Å². The zero-order chi connectivity index (χ0) is 15.5. The molecule has 1 heterocycles. The second-order valence-electron chi connectivity index (χ2n) is 6.20. The van der Waals surface area contributed by atoms with E-state index in [2.05, 4.69) is 38.2 Å². The zero-order valence-corrected chi connectivity index (χ0v) is 13.8. The van der Waals surface area contributed by atoms with Crippen LogP contribution < -0.4 is 14.8 Å². The topological polar surface area (TPSA) is 39.7 Å². The lowest BCUT2D eigenvalue weighted by Gasteiger charge is -2.23. The van der Waals surface area contributed by atoms with Crippen molar-refractivity contribution in [3.8, 4) is 11.5 Å². The quantitative estimate of drug-likeness (QED) is 0.839. The molecule has 4 heteroatoms. The van der Waals surface area contributed by atoms with Gasteiger partial charge < -0.3 is 19.5 Å². The summed E-state index contributed by atoms with van der Waals surface area (Å²) in [5.41, 5.74) is 2.21. The first-order valence-corrected chi connectivity index (χ1v) is 7.66. The highest BCUT2D eigenvalue weighted by atomic mass is 16.5. The number of hydrogen-bond donors (Lipinski definition) is 1. The molecule has 0 bridgehead atoms. The van der Waals surface area contributed by atoms with Crippen molar-refractivity contribution in [1.82, 2.24) is 5.32 Å². The lowest BCUT2D eigenvalue weighted by atomic mass is 10.1. The number of fused-ring (bicyclic) bond motifs is 1. The van der Waals surface area contributed by atoms with Gasteiger partial charge in [-0.05, 0) is 39.8 Å². The summed E-state index contributed by atoms with van der Waals surface area (Å²) in [5, 5.41) is 3.43. The van der Waals surface area contributed by atoms with Crippen LogP contribution in [0.4, 0.5) is 0 Å². The summed E-state index contributed by atoms with van der Waals surface area (Å²) in [6.45, 7) is 10.4. The van der Waals surface area contributed by atoms with Gasteiger partial charge in [0.15, 0.2) is 0 Å². The van der Waals surface area contributed by atoms with Crippen molar-refractivity contribution in [2.45, 2.75) is 52.4 Å². The summed E-state index contributed by atoms with van der Waals surface area (Å²) in [4.78, 5) is 0. The molecule has 0 saturated carbocycles. The summed E-state index contributed by atoms with van der Waals surface area (Å²) in [7, 11) is 1.73. The molecule has 1 unspecified atom stereocenters. The van der Waals surface area contributed by atoms with Gasteiger partial charge in [-0.2, -0.15) is 0 Å². The van der Waals surface area contributed by atoms with Crippen molar-refractivity contribution in [3.05, 3.63) is 23.3 Å². The van der Waals surface area contributed by atoms with Crippen molar-refractivity contribution in [2.24, 2.45) is 0 Å². The first-order chi connectivity index (χ1) is 9.95. The lowest BCUT2D eigenvalue weighted by Crippen LogP contribution is -2.36. The number of benzene rings is 1. The summed E-state index contributed by atoms with van der Waals surface area (Å²) in [5.74, 6) is 1.95. The summed E-state index contributed by atoms with van der Waals surface area (Å²) in [6.07, 6.45) is 1.21. The number of nitrogens with one attached hydrogen (secondary N) is 1. The van der Waals surface area contributed by atoms with Crippen LogP contribution in [0.2, 0.25) is 0 Å². The Bertz CT molecular complexity index is 485. The predicted octanol–water partition coefficient (Wildman–Crippen LogP) is 2.92. The molecule has 1 aromatic carbocycles. The van der Waals surface area contributed by atoms with Gasteiger partial charge in [0.2, 0.25) is 0 Å². The maximum absolute atomic E-state index is 5.84. The fourth-order valence-electron chi connectivity index (χ4n) is 2.48. The molecule has 118 valence electrons. The minimum absolute atomic E-state index is 0.173. The standard InChI is InChI=1S/C17H27NO3/c1-6-20-15-8-13-7-12(2)21-16(13)9-14(15)10-18-11-17(3,4)19-5/h8-9,12,18H,6-7,10-11H2,1-5H3. The van der Waals surface area contributed by atoms with Gasteiger partial charge in [-0.25, -0.2) is 0 Å². The number of hydrogen-bond acceptors (Lipinski definition) is 4. The third-order valence-corrected chi connectivity index (χ3v) is 3.80. The molecular weight excluding hydrogens is 266 g/mol. The Labute approximate surface area is 127 Å².